The minimum atomic E-state index is 0.691. The van der Waals surface area contributed by atoms with Gasteiger partial charge in [0.25, 0.3) is 0 Å². The van der Waals surface area contributed by atoms with Gasteiger partial charge >= 0.3 is 0 Å². The second kappa shape index (κ2) is 5.40. The fraction of sp³-hybridized carbons (Fsp3) is 0.400. The second-order valence-corrected chi connectivity index (χ2v) is 4.29. The van der Waals surface area contributed by atoms with Crippen molar-refractivity contribution in [3.8, 4) is 5.75 Å². The number of ether oxygens (including phenoxy) is 1. The molecule has 0 aromatic heterocycles. The minimum absolute atomic E-state index is 0.691. The van der Waals surface area contributed by atoms with Crippen LogP contribution in [0, 0.1) is 0 Å². The van der Waals surface area contributed by atoms with Crippen LogP contribution in [0.1, 0.15) is 12.5 Å². The van der Waals surface area contributed by atoms with Crippen molar-refractivity contribution in [3.05, 3.63) is 28.8 Å². The van der Waals surface area contributed by atoms with Gasteiger partial charge in [-0.3, -0.25) is 0 Å². The van der Waals surface area contributed by atoms with E-state index in [-0.39, 0.29) is 0 Å². The molecule has 0 saturated carbocycles. The smallest absolute Gasteiger partial charge is 0.137 e. The molecule has 0 heterocycles. The van der Waals surface area contributed by atoms with E-state index >= 15 is 0 Å². The van der Waals surface area contributed by atoms with Gasteiger partial charge in [0.15, 0.2) is 0 Å². The lowest BCUT2D eigenvalue weighted by Crippen LogP contribution is -1.86. The lowest BCUT2D eigenvalue weighted by atomic mass is 10.2. The molecule has 0 bridgehead atoms. The first kappa shape index (κ1) is 10.7. The number of methoxy groups -OCH3 is 1. The van der Waals surface area contributed by atoms with E-state index in [2.05, 4.69) is 6.92 Å². The van der Waals surface area contributed by atoms with E-state index in [0.717, 1.165) is 17.3 Å². The van der Waals surface area contributed by atoms with Crippen LogP contribution in [0.3, 0.4) is 0 Å². The van der Waals surface area contributed by atoms with E-state index in [9.17, 15) is 0 Å². The number of rotatable bonds is 4. The van der Waals surface area contributed by atoms with E-state index in [0.29, 0.717) is 5.02 Å². The summed E-state index contributed by atoms with van der Waals surface area (Å²) in [6.45, 7) is 2.15. The number of hydrogen-bond donors (Lipinski definition) is 0. The molecule has 1 rings (SSSR count). The van der Waals surface area contributed by atoms with Gasteiger partial charge in [0.1, 0.15) is 5.75 Å². The van der Waals surface area contributed by atoms with Crippen LogP contribution in [0.25, 0.3) is 0 Å². The maximum atomic E-state index is 5.97. The molecule has 0 aliphatic rings. The van der Waals surface area contributed by atoms with Gasteiger partial charge in [-0.2, -0.15) is 11.8 Å². The molecule has 3 heteroatoms. The molecule has 0 aliphatic carbocycles. The lowest BCUT2D eigenvalue weighted by Gasteiger charge is -2.05. The normalized spacial score (nSPS) is 10.1. The fourth-order valence-electron chi connectivity index (χ4n) is 1.02. The Morgan fingerprint density at radius 2 is 2.23 bits per heavy atom. The summed E-state index contributed by atoms with van der Waals surface area (Å²) in [5.41, 5.74) is 1.25. The number of benzene rings is 1. The molecule has 0 aliphatic heterocycles. The highest BCUT2D eigenvalue weighted by Crippen LogP contribution is 2.26. The van der Waals surface area contributed by atoms with Crippen molar-refractivity contribution in [1.29, 1.82) is 0 Å². The van der Waals surface area contributed by atoms with Crippen molar-refractivity contribution >= 4 is 23.4 Å². The first-order valence-electron chi connectivity index (χ1n) is 4.18. The van der Waals surface area contributed by atoms with Gasteiger partial charge in [0, 0.05) is 5.75 Å². The zero-order valence-electron chi connectivity index (χ0n) is 7.84. The van der Waals surface area contributed by atoms with Gasteiger partial charge in [-0.05, 0) is 23.4 Å². The highest BCUT2D eigenvalue weighted by molar-refractivity contribution is 7.98. The molecular formula is C10H13ClOS. The molecule has 72 valence electrons. The van der Waals surface area contributed by atoms with Gasteiger partial charge in [0.2, 0.25) is 0 Å². The van der Waals surface area contributed by atoms with Crippen molar-refractivity contribution in [2.75, 3.05) is 12.9 Å². The van der Waals surface area contributed by atoms with E-state index in [1.807, 2.05) is 30.0 Å². The van der Waals surface area contributed by atoms with Crippen molar-refractivity contribution in [2.24, 2.45) is 0 Å². The van der Waals surface area contributed by atoms with Crippen molar-refractivity contribution in [1.82, 2.24) is 0 Å². The molecule has 13 heavy (non-hydrogen) atoms. The molecule has 1 aromatic carbocycles. The van der Waals surface area contributed by atoms with E-state index in [4.69, 9.17) is 16.3 Å². The SMILES string of the molecule is CCSCc1ccc(OC)c(Cl)c1. The summed E-state index contributed by atoms with van der Waals surface area (Å²) >= 11 is 7.86. The number of halogens is 1. The van der Waals surface area contributed by atoms with Gasteiger partial charge < -0.3 is 4.74 Å². The standard InChI is InChI=1S/C10H13ClOS/c1-3-13-7-8-4-5-10(12-2)9(11)6-8/h4-6H,3,7H2,1-2H3. The summed E-state index contributed by atoms with van der Waals surface area (Å²) in [6, 6.07) is 5.92. The van der Waals surface area contributed by atoms with Crippen LogP contribution in [0.5, 0.6) is 5.75 Å². The van der Waals surface area contributed by atoms with Gasteiger partial charge in [-0.25, -0.2) is 0 Å². The zero-order chi connectivity index (χ0) is 9.68. The topological polar surface area (TPSA) is 9.23 Å². The number of hydrogen-bond acceptors (Lipinski definition) is 2. The fourth-order valence-corrected chi connectivity index (χ4v) is 1.92. The summed E-state index contributed by atoms with van der Waals surface area (Å²) in [4.78, 5) is 0. The average molecular weight is 217 g/mol. The third kappa shape index (κ3) is 3.12. The lowest BCUT2D eigenvalue weighted by molar-refractivity contribution is 0.415. The Morgan fingerprint density at radius 1 is 1.46 bits per heavy atom. The predicted octanol–water partition coefficient (Wildman–Crippen LogP) is 3.60. The molecule has 0 fully saturated rings. The van der Waals surface area contributed by atoms with Crippen LogP contribution in [0.2, 0.25) is 5.02 Å². The Kier molecular flexibility index (Phi) is 4.46. The molecule has 0 spiro atoms. The van der Waals surface area contributed by atoms with Crippen molar-refractivity contribution < 1.29 is 4.74 Å². The Hall–Kier alpha value is -0.340. The van der Waals surface area contributed by atoms with E-state index < -0.39 is 0 Å². The van der Waals surface area contributed by atoms with Crippen molar-refractivity contribution in [3.63, 3.8) is 0 Å². The summed E-state index contributed by atoms with van der Waals surface area (Å²) < 4.78 is 5.07. The summed E-state index contributed by atoms with van der Waals surface area (Å²) in [5, 5.41) is 0.691. The molecule has 1 aromatic rings. The highest BCUT2D eigenvalue weighted by atomic mass is 35.5. The molecule has 0 N–H and O–H groups in total. The van der Waals surface area contributed by atoms with Crippen LogP contribution >= 0.6 is 23.4 Å². The first-order chi connectivity index (χ1) is 6.27. The molecule has 1 nitrogen and oxygen atoms in total. The van der Waals surface area contributed by atoms with E-state index in [1.165, 1.54) is 5.56 Å². The van der Waals surface area contributed by atoms with Gasteiger partial charge in [-0.15, -0.1) is 0 Å². The Morgan fingerprint density at radius 3 is 2.77 bits per heavy atom. The average Bonchev–Trinajstić information content (AvgIpc) is 2.15. The Labute approximate surface area is 88.4 Å². The first-order valence-corrected chi connectivity index (χ1v) is 5.71. The maximum absolute atomic E-state index is 5.97. The largest absolute Gasteiger partial charge is 0.495 e. The van der Waals surface area contributed by atoms with Crippen LogP contribution in [0.15, 0.2) is 18.2 Å². The monoisotopic (exact) mass is 216 g/mol. The minimum Gasteiger partial charge on any atom is -0.495 e. The summed E-state index contributed by atoms with van der Waals surface area (Å²) in [6.07, 6.45) is 0. The highest BCUT2D eigenvalue weighted by Gasteiger charge is 2.00. The third-order valence-corrected chi connectivity index (χ3v) is 2.93. The van der Waals surface area contributed by atoms with Crippen molar-refractivity contribution in [2.45, 2.75) is 12.7 Å². The predicted molar refractivity (Wildman–Crippen MR) is 59.8 cm³/mol. The van der Waals surface area contributed by atoms with Crippen LogP contribution in [-0.4, -0.2) is 12.9 Å². The Balaban J connectivity index is 2.71. The molecule has 0 radical (unpaired) electrons. The molecular weight excluding hydrogens is 204 g/mol. The van der Waals surface area contributed by atoms with E-state index in [1.54, 1.807) is 7.11 Å². The van der Waals surface area contributed by atoms with Crippen LogP contribution in [0.4, 0.5) is 0 Å². The maximum Gasteiger partial charge on any atom is 0.137 e. The Bertz CT molecular complexity index is 276. The number of thioether (sulfide) groups is 1. The van der Waals surface area contributed by atoms with Gasteiger partial charge in [-0.1, -0.05) is 24.6 Å². The molecule has 0 atom stereocenters. The van der Waals surface area contributed by atoms with Crippen LogP contribution < -0.4 is 4.74 Å². The third-order valence-electron chi connectivity index (χ3n) is 1.69. The summed E-state index contributed by atoms with van der Waals surface area (Å²) in [7, 11) is 1.63. The molecule has 0 unspecified atom stereocenters. The summed E-state index contributed by atoms with van der Waals surface area (Å²) in [5.74, 6) is 2.89. The zero-order valence-corrected chi connectivity index (χ0v) is 9.41. The molecule has 0 saturated heterocycles. The molecule has 0 amide bonds. The van der Waals surface area contributed by atoms with Crippen LogP contribution in [-0.2, 0) is 5.75 Å². The van der Waals surface area contributed by atoms with Gasteiger partial charge in [0.05, 0.1) is 12.1 Å². The quantitative estimate of drug-likeness (QED) is 0.761. The second-order valence-electron chi connectivity index (χ2n) is 2.61.